The second kappa shape index (κ2) is 4.84. The monoisotopic (exact) mass is 241 g/mol. The number of benzene rings is 1. The van der Waals surface area contributed by atoms with Crippen molar-refractivity contribution in [3.63, 3.8) is 0 Å². The minimum Gasteiger partial charge on any atom is -0.384 e. The Morgan fingerprint density at radius 3 is 3.22 bits per heavy atom. The first-order chi connectivity index (χ1) is 8.88. The van der Waals surface area contributed by atoms with Crippen LogP contribution in [0.3, 0.4) is 0 Å². The van der Waals surface area contributed by atoms with Crippen LogP contribution in [-0.4, -0.2) is 16.3 Å². The minimum atomic E-state index is 0.989. The summed E-state index contributed by atoms with van der Waals surface area (Å²) in [5.41, 5.74) is 5.24. The average Bonchev–Trinajstić information content (AvgIpc) is 2.87. The van der Waals surface area contributed by atoms with Gasteiger partial charge in [0.2, 0.25) is 0 Å². The molecule has 0 unspecified atom stereocenters. The zero-order valence-electron chi connectivity index (χ0n) is 10.8. The number of rotatable bonds is 3. The maximum absolute atomic E-state index is 4.42. The molecule has 0 saturated carbocycles. The Morgan fingerprint density at radius 2 is 2.33 bits per heavy atom. The molecular weight excluding hydrogens is 222 g/mol. The molecule has 94 valence electrons. The Labute approximate surface area is 108 Å². The van der Waals surface area contributed by atoms with Crippen molar-refractivity contribution in [2.75, 3.05) is 11.9 Å². The molecule has 0 saturated heterocycles. The van der Waals surface area contributed by atoms with Gasteiger partial charge in [0.15, 0.2) is 0 Å². The van der Waals surface area contributed by atoms with Gasteiger partial charge < -0.3 is 5.32 Å². The summed E-state index contributed by atoms with van der Waals surface area (Å²) in [4.78, 5) is 0. The van der Waals surface area contributed by atoms with E-state index in [2.05, 4.69) is 41.7 Å². The van der Waals surface area contributed by atoms with Crippen LogP contribution in [0.25, 0.3) is 11.1 Å². The first kappa shape index (κ1) is 11.3. The lowest BCUT2D eigenvalue weighted by Crippen LogP contribution is -2.12. The molecule has 1 aromatic carbocycles. The summed E-state index contributed by atoms with van der Waals surface area (Å²) in [7, 11) is 0. The van der Waals surface area contributed by atoms with E-state index < -0.39 is 0 Å². The average molecular weight is 241 g/mol. The maximum atomic E-state index is 4.42. The van der Waals surface area contributed by atoms with Gasteiger partial charge in [0.25, 0.3) is 0 Å². The van der Waals surface area contributed by atoms with E-state index >= 15 is 0 Å². The van der Waals surface area contributed by atoms with Crippen LogP contribution < -0.4 is 5.32 Å². The van der Waals surface area contributed by atoms with E-state index in [1.165, 1.54) is 35.2 Å². The van der Waals surface area contributed by atoms with Crippen molar-refractivity contribution >= 4 is 5.69 Å². The highest BCUT2D eigenvalue weighted by molar-refractivity contribution is 5.80. The summed E-state index contributed by atoms with van der Waals surface area (Å²) in [6.45, 7) is 4.24. The number of nitrogens with one attached hydrogen (secondary N) is 1. The van der Waals surface area contributed by atoms with E-state index in [0.29, 0.717) is 0 Å². The third-order valence-corrected chi connectivity index (χ3v) is 3.47. The molecule has 3 nitrogen and oxygen atoms in total. The van der Waals surface area contributed by atoms with Gasteiger partial charge in [-0.25, -0.2) is 0 Å². The summed E-state index contributed by atoms with van der Waals surface area (Å²) in [6.07, 6.45) is 7.65. The molecule has 0 radical (unpaired) electrons. The zero-order chi connectivity index (χ0) is 12.4. The molecule has 1 N–H and O–H groups in total. The summed E-state index contributed by atoms with van der Waals surface area (Å²) >= 11 is 0. The summed E-state index contributed by atoms with van der Waals surface area (Å²) in [5, 5.41) is 7.95. The van der Waals surface area contributed by atoms with E-state index in [4.69, 9.17) is 0 Å². The van der Waals surface area contributed by atoms with Crippen molar-refractivity contribution < 1.29 is 0 Å². The Morgan fingerprint density at radius 1 is 1.39 bits per heavy atom. The van der Waals surface area contributed by atoms with Crippen LogP contribution in [0, 0.1) is 0 Å². The third-order valence-electron chi connectivity index (χ3n) is 3.47. The number of hydrogen-bond donors (Lipinski definition) is 1. The van der Waals surface area contributed by atoms with Gasteiger partial charge in [0.05, 0.1) is 6.20 Å². The number of nitrogens with zero attached hydrogens (tertiary/aromatic N) is 2. The lowest BCUT2D eigenvalue weighted by molar-refractivity contribution is 0.603. The van der Waals surface area contributed by atoms with Gasteiger partial charge in [0, 0.05) is 36.1 Å². The summed E-state index contributed by atoms with van der Waals surface area (Å²) < 4.78 is 2.03. The third kappa shape index (κ3) is 2.01. The number of para-hydroxylation sites is 1. The lowest BCUT2D eigenvalue weighted by atomic mass is 9.97. The van der Waals surface area contributed by atoms with Crippen LogP contribution in [0.5, 0.6) is 0 Å². The molecule has 3 heteroatoms. The first-order valence-corrected chi connectivity index (χ1v) is 6.77. The topological polar surface area (TPSA) is 29.9 Å². The fourth-order valence-electron chi connectivity index (χ4n) is 2.60. The second-order valence-corrected chi connectivity index (χ2v) is 4.86. The van der Waals surface area contributed by atoms with Gasteiger partial charge in [-0.1, -0.05) is 25.1 Å². The van der Waals surface area contributed by atoms with Crippen LogP contribution in [0.15, 0.2) is 30.6 Å². The fraction of sp³-hybridized carbons (Fsp3) is 0.400. The van der Waals surface area contributed by atoms with Crippen molar-refractivity contribution in [3.05, 3.63) is 36.2 Å². The second-order valence-electron chi connectivity index (χ2n) is 4.86. The molecule has 18 heavy (non-hydrogen) atoms. The standard InChI is InChI=1S/C15H19N3/c1-2-9-18-11-13(10-17-18)14-7-3-5-12-6-4-8-16-15(12)14/h3,5,7,10-11,16H,2,4,6,8-9H2,1H3. The van der Waals surface area contributed by atoms with E-state index in [-0.39, 0.29) is 0 Å². The number of aromatic nitrogens is 2. The maximum Gasteiger partial charge on any atom is 0.0569 e. The minimum absolute atomic E-state index is 0.989. The molecule has 0 spiro atoms. The van der Waals surface area contributed by atoms with Gasteiger partial charge in [-0.3, -0.25) is 4.68 Å². The molecule has 0 atom stereocenters. The highest BCUT2D eigenvalue weighted by Gasteiger charge is 2.14. The highest BCUT2D eigenvalue weighted by Crippen LogP contribution is 2.33. The van der Waals surface area contributed by atoms with E-state index in [9.17, 15) is 0 Å². The Kier molecular flexibility index (Phi) is 3.05. The van der Waals surface area contributed by atoms with Crippen molar-refractivity contribution in [2.24, 2.45) is 0 Å². The lowest BCUT2D eigenvalue weighted by Gasteiger charge is -2.20. The van der Waals surface area contributed by atoms with Crippen molar-refractivity contribution in [1.29, 1.82) is 0 Å². The quantitative estimate of drug-likeness (QED) is 0.893. The molecule has 0 bridgehead atoms. The van der Waals surface area contributed by atoms with Crippen LogP contribution in [0.4, 0.5) is 5.69 Å². The SMILES string of the molecule is CCCn1cc(-c2cccc3c2NCCC3)cn1. The predicted molar refractivity (Wildman–Crippen MR) is 74.8 cm³/mol. The van der Waals surface area contributed by atoms with E-state index in [1.807, 2.05) is 10.9 Å². The van der Waals surface area contributed by atoms with Gasteiger partial charge in [0.1, 0.15) is 0 Å². The zero-order valence-corrected chi connectivity index (χ0v) is 10.8. The number of fused-ring (bicyclic) bond motifs is 1. The number of aryl methyl sites for hydroxylation is 2. The normalized spacial score (nSPS) is 14.1. The molecular formula is C15H19N3. The molecule has 3 rings (SSSR count). The molecule has 1 aliphatic rings. The molecule has 1 aromatic heterocycles. The van der Waals surface area contributed by atoms with E-state index in [1.54, 1.807) is 0 Å². The van der Waals surface area contributed by atoms with Crippen molar-refractivity contribution in [3.8, 4) is 11.1 Å². The van der Waals surface area contributed by atoms with Gasteiger partial charge in [-0.05, 0) is 24.8 Å². The van der Waals surface area contributed by atoms with Gasteiger partial charge >= 0.3 is 0 Å². The fourth-order valence-corrected chi connectivity index (χ4v) is 2.60. The number of hydrogen-bond acceptors (Lipinski definition) is 2. The van der Waals surface area contributed by atoms with Crippen molar-refractivity contribution in [1.82, 2.24) is 9.78 Å². The Balaban J connectivity index is 2.00. The highest BCUT2D eigenvalue weighted by atomic mass is 15.3. The van der Waals surface area contributed by atoms with Crippen LogP contribution in [0.1, 0.15) is 25.3 Å². The van der Waals surface area contributed by atoms with Crippen LogP contribution in [-0.2, 0) is 13.0 Å². The molecule has 0 amide bonds. The smallest absolute Gasteiger partial charge is 0.0569 e. The van der Waals surface area contributed by atoms with E-state index in [0.717, 1.165) is 19.5 Å². The molecule has 0 aliphatic carbocycles. The predicted octanol–water partition coefficient (Wildman–Crippen LogP) is 3.32. The Bertz CT molecular complexity index is 542. The summed E-state index contributed by atoms with van der Waals surface area (Å²) in [6, 6.07) is 6.56. The van der Waals surface area contributed by atoms with Crippen LogP contribution in [0.2, 0.25) is 0 Å². The Hall–Kier alpha value is -1.77. The van der Waals surface area contributed by atoms with Crippen molar-refractivity contribution in [2.45, 2.75) is 32.7 Å². The van der Waals surface area contributed by atoms with Gasteiger partial charge in [-0.15, -0.1) is 0 Å². The number of anilines is 1. The molecule has 0 fully saturated rings. The van der Waals surface area contributed by atoms with Gasteiger partial charge in [-0.2, -0.15) is 5.10 Å². The largest absolute Gasteiger partial charge is 0.384 e. The first-order valence-electron chi connectivity index (χ1n) is 6.77. The summed E-state index contributed by atoms with van der Waals surface area (Å²) in [5.74, 6) is 0. The molecule has 1 aliphatic heterocycles. The van der Waals surface area contributed by atoms with Crippen LogP contribution >= 0.6 is 0 Å². The molecule has 2 heterocycles. The molecule has 2 aromatic rings.